The minimum absolute atomic E-state index is 0.125. The molecule has 0 saturated carbocycles. The molecule has 0 atom stereocenters. The molecule has 0 amide bonds. The Hall–Kier alpha value is -2.24. The van der Waals surface area contributed by atoms with E-state index in [1.54, 1.807) is 0 Å². The number of carbonyl (C=O) groups is 1. The van der Waals surface area contributed by atoms with Crippen LogP contribution in [0.1, 0.15) is 10.4 Å². The van der Waals surface area contributed by atoms with Gasteiger partial charge in [-0.1, -0.05) is 0 Å². The van der Waals surface area contributed by atoms with Crippen LogP contribution < -0.4 is 0 Å². The Labute approximate surface area is 77.7 Å². The summed E-state index contributed by atoms with van der Waals surface area (Å²) in [5.74, 6) is 0. The summed E-state index contributed by atoms with van der Waals surface area (Å²) in [6, 6.07) is 1.32. The number of rotatable bonds is 2. The first-order valence-electron chi connectivity index (χ1n) is 3.79. The van der Waals surface area contributed by atoms with E-state index in [0.29, 0.717) is 22.9 Å². The highest BCUT2D eigenvalue weighted by atomic mass is 16.6. The van der Waals surface area contributed by atoms with Crippen LogP contribution in [0.2, 0.25) is 0 Å². The number of pyridine rings is 1. The predicted octanol–water partition coefficient (Wildman–Crippen LogP) is 1.28. The smallest absolute Gasteiger partial charge is 0.288 e. The zero-order chi connectivity index (χ0) is 10.1. The molecule has 2 heterocycles. The van der Waals surface area contributed by atoms with Gasteiger partial charge in [-0.05, 0) is 0 Å². The molecule has 0 saturated heterocycles. The van der Waals surface area contributed by atoms with Gasteiger partial charge in [0.15, 0.2) is 6.29 Å². The van der Waals surface area contributed by atoms with Crippen molar-refractivity contribution in [1.29, 1.82) is 0 Å². The number of nitrogens with zero attached hydrogens (tertiary/aromatic N) is 2. The van der Waals surface area contributed by atoms with Crippen LogP contribution in [0.5, 0.6) is 0 Å². The standard InChI is InChI=1S/C8H5N3O3/c12-4-5-2-9-8-7(5)1-6(3-10-8)11(13)14/h1-4H,(H,9,10). The van der Waals surface area contributed by atoms with E-state index in [9.17, 15) is 14.9 Å². The second kappa shape index (κ2) is 2.91. The molecule has 0 radical (unpaired) electrons. The average Bonchev–Trinajstić information content (AvgIpc) is 2.59. The minimum Gasteiger partial charge on any atom is -0.345 e. The summed E-state index contributed by atoms with van der Waals surface area (Å²) in [7, 11) is 0. The Bertz CT molecular complexity index is 518. The Kier molecular flexibility index (Phi) is 1.74. The lowest BCUT2D eigenvalue weighted by atomic mass is 10.2. The van der Waals surface area contributed by atoms with Gasteiger partial charge in [0.25, 0.3) is 5.69 Å². The van der Waals surface area contributed by atoms with Crippen molar-refractivity contribution in [3.8, 4) is 0 Å². The largest absolute Gasteiger partial charge is 0.345 e. The average molecular weight is 191 g/mol. The van der Waals surface area contributed by atoms with Crippen molar-refractivity contribution in [2.45, 2.75) is 0 Å². The lowest BCUT2D eigenvalue weighted by molar-refractivity contribution is -0.385. The molecule has 2 aromatic rings. The summed E-state index contributed by atoms with van der Waals surface area (Å²) >= 11 is 0. The molecule has 0 unspecified atom stereocenters. The fourth-order valence-corrected chi connectivity index (χ4v) is 1.21. The van der Waals surface area contributed by atoms with Crippen molar-refractivity contribution in [2.24, 2.45) is 0 Å². The van der Waals surface area contributed by atoms with Gasteiger partial charge in [0, 0.05) is 23.2 Å². The van der Waals surface area contributed by atoms with Crippen LogP contribution in [0.25, 0.3) is 11.0 Å². The van der Waals surface area contributed by atoms with Crippen molar-refractivity contribution >= 4 is 23.0 Å². The van der Waals surface area contributed by atoms with Gasteiger partial charge in [-0.3, -0.25) is 14.9 Å². The topological polar surface area (TPSA) is 88.9 Å². The zero-order valence-corrected chi connectivity index (χ0v) is 6.93. The summed E-state index contributed by atoms with van der Waals surface area (Å²) < 4.78 is 0. The third-order valence-corrected chi connectivity index (χ3v) is 1.89. The third-order valence-electron chi connectivity index (χ3n) is 1.89. The van der Waals surface area contributed by atoms with Gasteiger partial charge in [-0.2, -0.15) is 0 Å². The molecule has 6 heteroatoms. The van der Waals surface area contributed by atoms with E-state index in [1.165, 1.54) is 12.3 Å². The first-order valence-corrected chi connectivity index (χ1v) is 3.79. The molecule has 1 N–H and O–H groups in total. The highest BCUT2D eigenvalue weighted by Gasteiger charge is 2.10. The van der Waals surface area contributed by atoms with Crippen LogP contribution in [0.15, 0.2) is 18.5 Å². The number of carbonyl (C=O) groups excluding carboxylic acids is 1. The number of aromatic amines is 1. The molecular formula is C8H5N3O3. The number of aromatic nitrogens is 2. The van der Waals surface area contributed by atoms with Crippen LogP contribution in [-0.2, 0) is 0 Å². The van der Waals surface area contributed by atoms with Crippen molar-refractivity contribution < 1.29 is 9.72 Å². The second-order valence-electron chi connectivity index (χ2n) is 2.71. The number of H-pyrrole nitrogens is 1. The van der Waals surface area contributed by atoms with Crippen molar-refractivity contribution in [1.82, 2.24) is 9.97 Å². The van der Waals surface area contributed by atoms with Gasteiger partial charge in [0.2, 0.25) is 0 Å². The Morgan fingerprint density at radius 2 is 2.36 bits per heavy atom. The fourth-order valence-electron chi connectivity index (χ4n) is 1.21. The molecule has 2 rings (SSSR count). The van der Waals surface area contributed by atoms with Crippen molar-refractivity contribution in [3.63, 3.8) is 0 Å². The van der Waals surface area contributed by atoms with Gasteiger partial charge in [0.1, 0.15) is 11.8 Å². The lowest BCUT2D eigenvalue weighted by Crippen LogP contribution is -1.89. The first kappa shape index (κ1) is 8.36. The number of fused-ring (bicyclic) bond motifs is 1. The second-order valence-corrected chi connectivity index (χ2v) is 2.71. The van der Waals surface area contributed by atoms with E-state index in [0.717, 1.165) is 6.20 Å². The Morgan fingerprint density at radius 3 is 3.00 bits per heavy atom. The molecule has 2 aromatic heterocycles. The van der Waals surface area contributed by atoms with Crippen LogP contribution >= 0.6 is 0 Å². The van der Waals surface area contributed by atoms with Gasteiger partial charge < -0.3 is 4.98 Å². The van der Waals surface area contributed by atoms with Gasteiger partial charge in [-0.25, -0.2) is 4.98 Å². The molecule has 14 heavy (non-hydrogen) atoms. The van der Waals surface area contributed by atoms with Gasteiger partial charge in [-0.15, -0.1) is 0 Å². The van der Waals surface area contributed by atoms with E-state index in [4.69, 9.17) is 0 Å². The molecular weight excluding hydrogens is 186 g/mol. The molecule has 6 nitrogen and oxygen atoms in total. The van der Waals surface area contributed by atoms with Gasteiger partial charge >= 0.3 is 0 Å². The third kappa shape index (κ3) is 1.13. The molecule has 70 valence electrons. The van der Waals surface area contributed by atoms with Gasteiger partial charge in [0.05, 0.1) is 4.92 Å². The molecule has 0 bridgehead atoms. The SMILES string of the molecule is O=Cc1c[nH]c2ncc([N+](=O)[O-])cc12. The molecule has 0 aromatic carbocycles. The molecule has 0 aliphatic rings. The van der Waals surface area contributed by atoms with E-state index in [2.05, 4.69) is 9.97 Å². The zero-order valence-electron chi connectivity index (χ0n) is 6.93. The maximum absolute atomic E-state index is 10.5. The van der Waals surface area contributed by atoms with E-state index in [1.807, 2.05) is 0 Å². The van der Waals surface area contributed by atoms with Crippen LogP contribution in [0.4, 0.5) is 5.69 Å². The number of nitrogens with one attached hydrogen (secondary N) is 1. The summed E-state index contributed by atoms with van der Waals surface area (Å²) in [5, 5.41) is 10.9. The maximum atomic E-state index is 10.5. The quantitative estimate of drug-likeness (QED) is 0.440. The van der Waals surface area contributed by atoms with Crippen molar-refractivity contribution in [3.05, 3.63) is 34.1 Å². The summed E-state index contributed by atoms with van der Waals surface area (Å²) in [5.41, 5.74) is 0.717. The summed E-state index contributed by atoms with van der Waals surface area (Å²) in [6.07, 6.45) is 3.24. The predicted molar refractivity (Wildman–Crippen MR) is 48.1 cm³/mol. The van der Waals surface area contributed by atoms with E-state index >= 15 is 0 Å². The maximum Gasteiger partial charge on any atom is 0.288 e. The van der Waals surface area contributed by atoms with Crippen molar-refractivity contribution in [2.75, 3.05) is 0 Å². The normalized spacial score (nSPS) is 10.3. The van der Waals surface area contributed by atoms with E-state index in [-0.39, 0.29) is 5.69 Å². The van der Waals surface area contributed by atoms with Crippen LogP contribution in [0, 0.1) is 10.1 Å². The monoisotopic (exact) mass is 191 g/mol. The lowest BCUT2D eigenvalue weighted by Gasteiger charge is -1.91. The Balaban J connectivity index is 2.73. The fraction of sp³-hybridized carbons (Fsp3) is 0. The molecule has 0 aliphatic carbocycles. The highest BCUT2D eigenvalue weighted by molar-refractivity contribution is 5.96. The molecule has 0 fully saturated rings. The highest BCUT2D eigenvalue weighted by Crippen LogP contribution is 2.19. The number of hydrogen-bond acceptors (Lipinski definition) is 4. The van der Waals surface area contributed by atoms with Crippen LogP contribution in [0.3, 0.4) is 0 Å². The Morgan fingerprint density at radius 1 is 1.57 bits per heavy atom. The summed E-state index contributed by atoms with van der Waals surface area (Å²) in [4.78, 5) is 27.0. The summed E-state index contributed by atoms with van der Waals surface area (Å²) in [6.45, 7) is 0. The van der Waals surface area contributed by atoms with E-state index < -0.39 is 4.92 Å². The molecule has 0 spiro atoms. The molecule has 0 aliphatic heterocycles. The number of hydrogen-bond donors (Lipinski definition) is 1. The number of aldehydes is 1. The first-order chi connectivity index (χ1) is 6.72. The number of nitro groups is 1. The minimum atomic E-state index is -0.548. The van der Waals surface area contributed by atoms with Crippen LogP contribution in [-0.4, -0.2) is 21.2 Å².